The minimum absolute atomic E-state index is 0.0262. The fourth-order valence-corrected chi connectivity index (χ4v) is 8.14. The van der Waals surface area contributed by atoms with Gasteiger partial charge in [0.25, 0.3) is 0 Å². The summed E-state index contributed by atoms with van der Waals surface area (Å²) in [6.45, 7) is 8.11. The minimum atomic E-state index is -1.67. The zero-order valence-corrected chi connectivity index (χ0v) is 34.2. The van der Waals surface area contributed by atoms with Crippen LogP contribution < -0.4 is 16.0 Å². The number of aliphatic hydroxyl groups excluding tert-OH is 1. The predicted molar refractivity (Wildman–Crippen MR) is 209 cm³/mol. The lowest BCUT2D eigenvalue weighted by Gasteiger charge is -2.37. The summed E-state index contributed by atoms with van der Waals surface area (Å²) in [4.78, 5) is 101. The third-order valence-electron chi connectivity index (χ3n) is 11.3. The normalized spacial score (nSPS) is 26.8. The van der Waals surface area contributed by atoms with E-state index in [1.54, 1.807) is 12.1 Å². The molecule has 2 unspecified atom stereocenters. The summed E-state index contributed by atoms with van der Waals surface area (Å²) in [7, 11) is 1.30. The summed E-state index contributed by atoms with van der Waals surface area (Å²) >= 11 is 0. The van der Waals surface area contributed by atoms with Gasteiger partial charge in [0, 0.05) is 32.6 Å². The number of cyclic esters (lactones) is 1. The number of aliphatic hydroxyl groups is 1. The molecule has 0 aliphatic carbocycles. The first kappa shape index (κ1) is 44.6. The molecule has 59 heavy (non-hydrogen) atoms. The molecule has 320 valence electrons. The van der Waals surface area contributed by atoms with E-state index < -0.39 is 108 Å². The van der Waals surface area contributed by atoms with E-state index >= 15 is 0 Å². The average Bonchev–Trinajstić information content (AvgIpc) is 3.82. The molecule has 4 N–H and O–H groups in total. The quantitative estimate of drug-likeness (QED) is 0.269. The van der Waals surface area contributed by atoms with Gasteiger partial charge in [-0.2, -0.15) is 0 Å². The van der Waals surface area contributed by atoms with Crippen molar-refractivity contribution in [3.8, 4) is 0 Å². The zero-order chi connectivity index (χ0) is 43.3. The van der Waals surface area contributed by atoms with Gasteiger partial charge in [-0.1, -0.05) is 38.1 Å². The molecule has 0 aromatic heterocycles. The Kier molecular flexibility index (Phi) is 14.4. The summed E-state index contributed by atoms with van der Waals surface area (Å²) < 4.78 is 34.5. The number of aryl methyl sites for hydroxylation is 1. The molecular weight excluding hydrogens is 770 g/mol. The van der Waals surface area contributed by atoms with Crippen molar-refractivity contribution in [2.75, 3.05) is 20.1 Å². The van der Waals surface area contributed by atoms with E-state index in [0.29, 0.717) is 18.1 Å². The fraction of sp³-hybridized carbons (Fsp3) is 0.548. The van der Waals surface area contributed by atoms with Crippen molar-refractivity contribution < 1.29 is 52.2 Å². The van der Waals surface area contributed by atoms with E-state index in [4.69, 9.17) is 4.74 Å². The van der Waals surface area contributed by atoms with Gasteiger partial charge in [-0.3, -0.25) is 28.8 Å². The number of ether oxygens (including phenoxy) is 1. The highest BCUT2D eigenvalue weighted by Gasteiger charge is 2.47. The van der Waals surface area contributed by atoms with Crippen LogP contribution in [-0.2, 0) is 57.6 Å². The van der Waals surface area contributed by atoms with Crippen molar-refractivity contribution in [1.82, 2.24) is 30.7 Å². The van der Waals surface area contributed by atoms with Crippen LogP contribution in [0.25, 0.3) is 0 Å². The van der Waals surface area contributed by atoms with E-state index in [9.17, 15) is 47.4 Å². The number of benzene rings is 2. The number of nitrogens with one attached hydrogen (secondary N) is 3. The standard InChI is InChI=1S/C42H54F2N6O9/c1-7-26-10-12-27(13-11-26)19-34(52)46-31(18-28-16-29(43)20-30(44)17-28)37(53)47-35-25(5)59-42(58)33-15-22(2)21-50(33)39(55)23(3)45-38(54)36(24(4)51)48(6)40(56)32-9-8-14-49(32)41(35)57/h10-13,16-17,20,22-25,31-33,35-36,51H,7-9,14-15,18-19,21H2,1-6H3,(H,45,54)(H,46,52)(H,47,53)/t22-,23-,24-,25-,31-,32?,33?,35-,36-/m0/s1. The van der Waals surface area contributed by atoms with Crippen LogP contribution in [-0.4, -0.2) is 130 Å². The van der Waals surface area contributed by atoms with Gasteiger partial charge >= 0.3 is 5.97 Å². The van der Waals surface area contributed by atoms with Crippen LogP contribution in [0.4, 0.5) is 8.78 Å². The summed E-state index contributed by atoms with van der Waals surface area (Å²) in [5, 5.41) is 18.5. The highest BCUT2D eigenvalue weighted by Crippen LogP contribution is 2.27. The first-order valence-corrected chi connectivity index (χ1v) is 20.1. The molecule has 3 saturated heterocycles. The van der Waals surface area contributed by atoms with Gasteiger partial charge in [-0.05, 0) is 81.2 Å². The SMILES string of the molecule is CCc1ccc(CC(=O)N[C@@H](Cc2cc(F)cc(F)c2)C(=O)N[C@@H]2C(=O)N3CCCC3C(=O)N(C)[C@@H]([C@H](C)O)C(=O)N[C@@H](C)C(=O)N3C[C@@H](C)CC3C(=O)O[C@H]2C)cc1. The number of likely N-dealkylation sites (N-methyl/N-ethyl adjacent to an activating group) is 1. The molecule has 3 heterocycles. The Balaban J connectivity index is 1.51. The van der Waals surface area contributed by atoms with E-state index in [0.717, 1.165) is 29.0 Å². The molecule has 0 bridgehead atoms. The second-order valence-corrected chi connectivity index (χ2v) is 16.0. The first-order valence-electron chi connectivity index (χ1n) is 20.1. The Hall–Kier alpha value is -5.45. The van der Waals surface area contributed by atoms with Crippen LogP contribution in [0.3, 0.4) is 0 Å². The maximum atomic E-state index is 14.6. The monoisotopic (exact) mass is 824 g/mol. The number of halogens is 2. The van der Waals surface area contributed by atoms with Crippen LogP contribution in [0.15, 0.2) is 42.5 Å². The zero-order valence-electron chi connectivity index (χ0n) is 34.2. The number of fused-ring (bicyclic) bond motifs is 2. The lowest BCUT2D eigenvalue weighted by atomic mass is 10.0. The molecule has 5 rings (SSSR count). The molecule has 0 radical (unpaired) electrons. The van der Waals surface area contributed by atoms with Crippen molar-refractivity contribution in [3.05, 3.63) is 70.8 Å². The lowest BCUT2D eigenvalue weighted by molar-refractivity contribution is -0.163. The first-order chi connectivity index (χ1) is 27.9. The van der Waals surface area contributed by atoms with Gasteiger partial charge in [0.05, 0.1) is 12.5 Å². The third kappa shape index (κ3) is 10.6. The van der Waals surface area contributed by atoms with Crippen molar-refractivity contribution in [2.45, 2.75) is 122 Å². The van der Waals surface area contributed by atoms with Gasteiger partial charge in [0.2, 0.25) is 35.4 Å². The smallest absolute Gasteiger partial charge is 0.329 e. The van der Waals surface area contributed by atoms with E-state index in [2.05, 4.69) is 16.0 Å². The minimum Gasteiger partial charge on any atom is -0.458 e. The molecule has 3 aliphatic rings. The number of carbonyl (C=O) groups is 7. The van der Waals surface area contributed by atoms with E-state index in [1.165, 1.54) is 37.6 Å². The molecule has 9 atom stereocenters. The number of esters is 1. The molecule has 0 spiro atoms. The second-order valence-electron chi connectivity index (χ2n) is 16.0. The fourth-order valence-electron chi connectivity index (χ4n) is 8.14. The topological polar surface area (TPSA) is 195 Å². The molecule has 6 amide bonds. The Morgan fingerprint density at radius 3 is 2.19 bits per heavy atom. The van der Waals surface area contributed by atoms with Crippen molar-refractivity contribution in [1.29, 1.82) is 0 Å². The Morgan fingerprint density at radius 2 is 1.56 bits per heavy atom. The Morgan fingerprint density at radius 1 is 0.915 bits per heavy atom. The van der Waals surface area contributed by atoms with Crippen LogP contribution >= 0.6 is 0 Å². The predicted octanol–water partition coefficient (Wildman–Crippen LogP) is 1.17. The van der Waals surface area contributed by atoms with Crippen molar-refractivity contribution in [3.63, 3.8) is 0 Å². The van der Waals surface area contributed by atoms with Gasteiger partial charge in [0.15, 0.2) is 0 Å². The van der Waals surface area contributed by atoms with Crippen molar-refractivity contribution in [2.24, 2.45) is 5.92 Å². The number of amides is 6. The molecule has 15 nitrogen and oxygen atoms in total. The van der Waals surface area contributed by atoms with Crippen LogP contribution in [0, 0.1) is 17.6 Å². The molecule has 2 aromatic carbocycles. The number of hydrogen-bond acceptors (Lipinski definition) is 9. The summed E-state index contributed by atoms with van der Waals surface area (Å²) in [6, 6.07) is 1.88. The Labute approximate surface area is 342 Å². The highest BCUT2D eigenvalue weighted by atomic mass is 19.1. The van der Waals surface area contributed by atoms with Gasteiger partial charge < -0.3 is 40.5 Å². The van der Waals surface area contributed by atoms with E-state index in [1.807, 2.05) is 26.0 Å². The maximum Gasteiger partial charge on any atom is 0.329 e. The molecule has 2 aromatic rings. The highest BCUT2D eigenvalue weighted by molar-refractivity contribution is 5.98. The van der Waals surface area contributed by atoms with Gasteiger partial charge in [-0.25, -0.2) is 13.6 Å². The maximum absolute atomic E-state index is 14.6. The largest absolute Gasteiger partial charge is 0.458 e. The lowest BCUT2D eigenvalue weighted by Crippen LogP contribution is -2.63. The molecule has 17 heteroatoms. The number of rotatable bonds is 9. The van der Waals surface area contributed by atoms with Crippen LogP contribution in [0.1, 0.15) is 70.6 Å². The van der Waals surface area contributed by atoms with Crippen LogP contribution in [0.5, 0.6) is 0 Å². The average molecular weight is 825 g/mol. The summed E-state index contributed by atoms with van der Waals surface area (Å²) in [5.74, 6) is -7.38. The molecule has 3 aliphatic heterocycles. The summed E-state index contributed by atoms with van der Waals surface area (Å²) in [6.07, 6.45) is -1.86. The number of nitrogens with zero attached hydrogens (tertiary/aromatic N) is 3. The van der Waals surface area contributed by atoms with E-state index in [-0.39, 0.29) is 43.8 Å². The number of carbonyl (C=O) groups excluding carboxylic acids is 7. The van der Waals surface area contributed by atoms with Crippen LogP contribution in [0.2, 0.25) is 0 Å². The number of hydrogen-bond donors (Lipinski definition) is 4. The molecule has 0 saturated carbocycles. The third-order valence-corrected chi connectivity index (χ3v) is 11.3. The second kappa shape index (κ2) is 19.1. The molecular formula is C42H54F2N6O9. The van der Waals surface area contributed by atoms with Gasteiger partial charge in [-0.15, -0.1) is 0 Å². The Bertz CT molecular complexity index is 1910. The summed E-state index contributed by atoms with van der Waals surface area (Å²) in [5.41, 5.74) is 1.71. The molecule has 3 fully saturated rings. The van der Waals surface area contributed by atoms with Gasteiger partial charge in [0.1, 0.15) is 54.0 Å². The van der Waals surface area contributed by atoms with Crippen molar-refractivity contribution >= 4 is 41.4 Å².